The lowest BCUT2D eigenvalue weighted by Gasteiger charge is -2.28. The second-order valence-electron chi connectivity index (χ2n) is 7.68. The van der Waals surface area contributed by atoms with Crippen LogP contribution in [0.4, 0.5) is 0 Å². The van der Waals surface area contributed by atoms with Crippen molar-refractivity contribution >= 4 is 23.3 Å². The molecule has 0 spiro atoms. The third-order valence-corrected chi connectivity index (χ3v) is 6.09. The van der Waals surface area contributed by atoms with E-state index in [1.807, 2.05) is 60.8 Å². The maximum absolute atomic E-state index is 12.1. The van der Waals surface area contributed by atoms with Crippen molar-refractivity contribution in [2.24, 2.45) is 0 Å². The number of carbonyl (C=O) groups excluding carboxylic acids is 1. The molecule has 3 aromatic heterocycles. The highest BCUT2D eigenvalue weighted by atomic mass is 32.1. The van der Waals surface area contributed by atoms with Gasteiger partial charge in [0.2, 0.25) is 0 Å². The Labute approximate surface area is 196 Å². The number of hydrogen-bond acceptors (Lipinski definition) is 5. The summed E-state index contributed by atoms with van der Waals surface area (Å²) >= 11 is 5.75. The van der Waals surface area contributed by atoms with E-state index in [2.05, 4.69) is 25.8 Å². The highest BCUT2D eigenvalue weighted by Gasteiger charge is 2.41. The summed E-state index contributed by atoms with van der Waals surface area (Å²) in [7, 11) is 1.38. The minimum Gasteiger partial charge on any atom is -0.467 e. The van der Waals surface area contributed by atoms with E-state index in [-0.39, 0.29) is 18.1 Å². The van der Waals surface area contributed by atoms with Crippen molar-refractivity contribution in [3.8, 4) is 5.69 Å². The Morgan fingerprint density at radius 3 is 2.82 bits per heavy atom. The highest BCUT2D eigenvalue weighted by Crippen LogP contribution is 2.40. The molecule has 8 heteroatoms. The average Bonchev–Trinajstić information content (AvgIpc) is 3.61. The van der Waals surface area contributed by atoms with Crippen LogP contribution in [0.3, 0.4) is 0 Å². The summed E-state index contributed by atoms with van der Waals surface area (Å²) in [4.78, 5) is 18.8. The third kappa shape index (κ3) is 4.01. The summed E-state index contributed by atoms with van der Waals surface area (Å²) in [5.41, 5.74) is 3.24. The second kappa shape index (κ2) is 8.91. The van der Waals surface area contributed by atoms with Crippen LogP contribution in [0.5, 0.6) is 0 Å². The van der Waals surface area contributed by atoms with Gasteiger partial charge in [-0.15, -0.1) is 0 Å². The number of nitrogens with zero attached hydrogens (tertiary/aromatic N) is 3. The fourth-order valence-electron chi connectivity index (χ4n) is 4.24. The third-order valence-electron chi connectivity index (χ3n) is 5.73. The molecule has 4 aromatic rings. The molecule has 33 heavy (non-hydrogen) atoms. The minimum absolute atomic E-state index is 0.158. The van der Waals surface area contributed by atoms with Gasteiger partial charge in [-0.2, -0.15) is 0 Å². The van der Waals surface area contributed by atoms with Gasteiger partial charge in [-0.3, -0.25) is 4.98 Å². The zero-order valence-electron chi connectivity index (χ0n) is 17.9. The van der Waals surface area contributed by atoms with E-state index >= 15 is 0 Å². The number of methoxy groups -OCH3 is 1. The lowest BCUT2D eigenvalue weighted by Crippen LogP contribution is -2.29. The molecule has 2 atom stereocenters. The number of esters is 1. The highest BCUT2D eigenvalue weighted by molar-refractivity contribution is 7.80. The van der Waals surface area contributed by atoms with Crippen molar-refractivity contribution in [3.63, 3.8) is 0 Å². The first-order chi connectivity index (χ1) is 16.2. The van der Waals surface area contributed by atoms with Gasteiger partial charge in [0.1, 0.15) is 5.76 Å². The molecule has 1 saturated heterocycles. The molecule has 1 aliphatic heterocycles. The van der Waals surface area contributed by atoms with E-state index in [4.69, 9.17) is 21.4 Å². The number of carbonyl (C=O) groups is 1. The van der Waals surface area contributed by atoms with Crippen molar-refractivity contribution < 1.29 is 13.9 Å². The lowest BCUT2D eigenvalue weighted by atomic mass is 10.0. The first-order valence-corrected chi connectivity index (χ1v) is 10.9. The number of pyridine rings is 1. The Kier molecular flexibility index (Phi) is 5.66. The Bertz CT molecular complexity index is 1270. The zero-order valence-corrected chi connectivity index (χ0v) is 18.7. The summed E-state index contributed by atoms with van der Waals surface area (Å²) < 4.78 is 12.6. The summed E-state index contributed by atoms with van der Waals surface area (Å²) in [6.07, 6.45) is 5.42. The smallest absolute Gasteiger partial charge is 0.337 e. The number of benzene rings is 1. The molecule has 5 rings (SSSR count). The van der Waals surface area contributed by atoms with Gasteiger partial charge in [-0.25, -0.2) is 4.79 Å². The number of thiocarbonyl (C=S) groups is 1. The Hall–Kier alpha value is -3.91. The molecular weight excluding hydrogens is 436 g/mol. The molecule has 0 aliphatic carbocycles. The Morgan fingerprint density at radius 1 is 1.15 bits per heavy atom. The maximum Gasteiger partial charge on any atom is 0.337 e. The second-order valence-corrected chi connectivity index (χ2v) is 8.07. The van der Waals surface area contributed by atoms with E-state index in [0.29, 0.717) is 17.2 Å². The fourth-order valence-corrected chi connectivity index (χ4v) is 4.54. The zero-order chi connectivity index (χ0) is 22.8. The summed E-state index contributed by atoms with van der Waals surface area (Å²) in [6, 6.07) is 20.8. The van der Waals surface area contributed by atoms with Crippen LogP contribution in [-0.4, -0.2) is 32.6 Å². The molecule has 1 aliphatic rings. The van der Waals surface area contributed by atoms with Gasteiger partial charge in [0, 0.05) is 23.8 Å². The molecule has 1 N–H and O–H groups in total. The number of furan rings is 1. The van der Waals surface area contributed by atoms with Crippen molar-refractivity contribution in [3.05, 3.63) is 108 Å². The van der Waals surface area contributed by atoms with Gasteiger partial charge >= 0.3 is 5.97 Å². The summed E-state index contributed by atoms with van der Waals surface area (Å²) in [5.74, 6) is 0.441. The first kappa shape index (κ1) is 21.0. The predicted molar refractivity (Wildman–Crippen MR) is 127 cm³/mol. The molecule has 1 fully saturated rings. The van der Waals surface area contributed by atoms with Crippen molar-refractivity contribution in [1.29, 1.82) is 0 Å². The standard InChI is InChI=1S/C25H22N4O3S/c1-31-24(30)17-7-4-8-18(15-17)28-13-5-11-21(28)23-22(20-10-2-3-12-26-20)27-25(33)29(23)16-19-9-6-14-32-19/h2-15,22-23H,16H2,1H3,(H,27,33). The van der Waals surface area contributed by atoms with E-state index in [1.54, 1.807) is 18.5 Å². The molecule has 0 amide bonds. The average molecular weight is 459 g/mol. The van der Waals surface area contributed by atoms with Crippen LogP contribution in [0.15, 0.2) is 89.8 Å². The number of ether oxygens (including phenoxy) is 1. The van der Waals surface area contributed by atoms with Crippen molar-refractivity contribution in [2.75, 3.05) is 7.11 Å². The van der Waals surface area contributed by atoms with Gasteiger partial charge < -0.3 is 23.9 Å². The largest absolute Gasteiger partial charge is 0.467 e. The van der Waals surface area contributed by atoms with E-state index in [9.17, 15) is 4.79 Å². The number of nitrogens with one attached hydrogen (secondary N) is 1. The maximum atomic E-state index is 12.1. The molecule has 1 aromatic carbocycles. The van der Waals surface area contributed by atoms with Gasteiger partial charge in [0.25, 0.3) is 0 Å². The molecule has 0 saturated carbocycles. The van der Waals surface area contributed by atoms with Crippen LogP contribution in [0.2, 0.25) is 0 Å². The molecule has 166 valence electrons. The van der Waals surface area contributed by atoms with Crippen LogP contribution in [0.1, 0.15) is 39.6 Å². The van der Waals surface area contributed by atoms with Gasteiger partial charge in [-0.1, -0.05) is 12.1 Å². The quantitative estimate of drug-likeness (QED) is 0.339. The van der Waals surface area contributed by atoms with Crippen molar-refractivity contribution in [2.45, 2.75) is 18.6 Å². The van der Waals surface area contributed by atoms with E-state index in [0.717, 1.165) is 22.8 Å². The number of hydrogen-bond donors (Lipinski definition) is 1. The van der Waals surface area contributed by atoms with Crippen LogP contribution in [0, 0.1) is 0 Å². The summed E-state index contributed by atoms with van der Waals surface area (Å²) in [5, 5.41) is 4.08. The molecule has 7 nitrogen and oxygen atoms in total. The topological polar surface area (TPSA) is 72.5 Å². The molecular formula is C25H22N4O3S. The van der Waals surface area contributed by atoms with Gasteiger partial charge in [0.05, 0.1) is 43.3 Å². The van der Waals surface area contributed by atoms with Crippen LogP contribution < -0.4 is 5.32 Å². The van der Waals surface area contributed by atoms with Crippen LogP contribution in [-0.2, 0) is 11.3 Å². The van der Waals surface area contributed by atoms with E-state index < -0.39 is 0 Å². The predicted octanol–water partition coefficient (Wildman–Crippen LogP) is 4.42. The molecule has 2 unspecified atom stereocenters. The Morgan fingerprint density at radius 2 is 2.06 bits per heavy atom. The molecule has 0 bridgehead atoms. The van der Waals surface area contributed by atoms with Gasteiger partial charge in [0.15, 0.2) is 5.11 Å². The van der Waals surface area contributed by atoms with Crippen LogP contribution >= 0.6 is 12.2 Å². The Balaban J connectivity index is 1.59. The van der Waals surface area contributed by atoms with Crippen LogP contribution in [0.25, 0.3) is 5.69 Å². The molecule has 0 radical (unpaired) electrons. The van der Waals surface area contributed by atoms with Crippen molar-refractivity contribution in [1.82, 2.24) is 19.8 Å². The fraction of sp³-hybridized carbons (Fsp3) is 0.160. The normalized spacial score (nSPS) is 17.7. The van der Waals surface area contributed by atoms with Gasteiger partial charge in [-0.05, 0) is 66.8 Å². The number of aromatic nitrogens is 2. The lowest BCUT2D eigenvalue weighted by molar-refractivity contribution is 0.0600. The monoisotopic (exact) mass is 458 g/mol. The molecule has 4 heterocycles. The number of rotatable bonds is 6. The van der Waals surface area contributed by atoms with E-state index in [1.165, 1.54) is 7.11 Å². The minimum atomic E-state index is -0.375. The summed E-state index contributed by atoms with van der Waals surface area (Å²) in [6.45, 7) is 0.514. The SMILES string of the molecule is COC(=O)c1cccc(-n2cccc2C2C(c3ccccn3)NC(=S)N2Cc2ccco2)c1. The first-order valence-electron chi connectivity index (χ1n) is 10.5.